The lowest BCUT2D eigenvalue weighted by atomic mass is 10.2. The van der Waals surface area contributed by atoms with Crippen LogP contribution in [0.1, 0.15) is 47.9 Å². The van der Waals surface area contributed by atoms with Crippen LogP contribution in [0.25, 0.3) is 0 Å². The van der Waals surface area contributed by atoms with Crippen molar-refractivity contribution in [2.45, 2.75) is 31.4 Å². The molecule has 2 rings (SSSR count). The van der Waals surface area contributed by atoms with Crippen LogP contribution in [0.3, 0.4) is 0 Å². The van der Waals surface area contributed by atoms with E-state index in [4.69, 9.17) is 4.42 Å². The fourth-order valence-corrected chi connectivity index (χ4v) is 3.66. The molecule has 1 aromatic rings. The van der Waals surface area contributed by atoms with E-state index in [1.165, 1.54) is 13.1 Å². The number of Topliss-reactive ketones (excluding diaryl/α,β-unsaturated/α-hetero) is 1. The van der Waals surface area contributed by atoms with Gasteiger partial charge in [-0.05, 0) is 12.8 Å². The van der Waals surface area contributed by atoms with Crippen LogP contribution in [0.15, 0.2) is 10.6 Å². The Morgan fingerprint density at radius 2 is 2.25 bits per heavy atom. The highest BCUT2D eigenvalue weighted by Gasteiger charge is 2.34. The summed E-state index contributed by atoms with van der Waals surface area (Å²) >= 11 is 0. The Bertz CT molecular complexity index is 503. The molecular weight excluding hydrogens is 230 g/mol. The molecule has 1 aliphatic heterocycles. The van der Waals surface area contributed by atoms with Gasteiger partial charge < -0.3 is 4.42 Å². The standard InChI is InChI=1S/C10H13NO4S/c1-7(12)8-6-11-10(15-8)9-4-2-3-5-16(9,13)14/h6,9H,2-5H2,1H3. The molecule has 16 heavy (non-hydrogen) atoms. The number of hydrogen-bond acceptors (Lipinski definition) is 5. The van der Waals surface area contributed by atoms with Crippen molar-refractivity contribution in [1.82, 2.24) is 4.98 Å². The highest BCUT2D eigenvalue weighted by atomic mass is 32.2. The van der Waals surface area contributed by atoms with Crippen LogP contribution >= 0.6 is 0 Å². The van der Waals surface area contributed by atoms with Gasteiger partial charge in [-0.2, -0.15) is 0 Å². The SMILES string of the molecule is CC(=O)c1cnc(C2CCCCS2(=O)=O)o1. The third kappa shape index (κ3) is 2.02. The number of carbonyl (C=O) groups is 1. The first kappa shape index (κ1) is 11.3. The third-order valence-electron chi connectivity index (χ3n) is 2.72. The lowest BCUT2D eigenvalue weighted by molar-refractivity contribution is 0.0985. The number of carbonyl (C=O) groups excluding carboxylic acids is 1. The molecule has 5 nitrogen and oxygen atoms in total. The van der Waals surface area contributed by atoms with E-state index in [-0.39, 0.29) is 23.2 Å². The number of aromatic nitrogens is 1. The minimum atomic E-state index is -3.16. The maximum atomic E-state index is 11.8. The zero-order chi connectivity index (χ0) is 11.8. The molecule has 88 valence electrons. The van der Waals surface area contributed by atoms with Crippen LogP contribution in [0.5, 0.6) is 0 Å². The summed E-state index contributed by atoms with van der Waals surface area (Å²) in [5, 5.41) is -0.672. The summed E-state index contributed by atoms with van der Waals surface area (Å²) in [4.78, 5) is 14.9. The molecule has 0 amide bonds. The van der Waals surface area contributed by atoms with Gasteiger partial charge in [-0.15, -0.1) is 0 Å². The minimum Gasteiger partial charge on any atom is -0.436 e. The quantitative estimate of drug-likeness (QED) is 0.736. The first-order chi connectivity index (χ1) is 7.50. The summed E-state index contributed by atoms with van der Waals surface area (Å²) in [7, 11) is -3.16. The van der Waals surface area contributed by atoms with Crippen molar-refractivity contribution >= 4 is 15.6 Å². The van der Waals surface area contributed by atoms with Crippen LogP contribution in [-0.2, 0) is 9.84 Å². The fourth-order valence-electron chi connectivity index (χ4n) is 1.83. The Morgan fingerprint density at radius 3 is 2.81 bits per heavy atom. The van der Waals surface area contributed by atoms with E-state index in [2.05, 4.69) is 4.98 Å². The van der Waals surface area contributed by atoms with E-state index >= 15 is 0 Å². The smallest absolute Gasteiger partial charge is 0.213 e. The Hall–Kier alpha value is -1.17. The summed E-state index contributed by atoms with van der Waals surface area (Å²) in [5.74, 6) is 0.211. The predicted molar refractivity (Wildman–Crippen MR) is 56.9 cm³/mol. The van der Waals surface area contributed by atoms with Crippen molar-refractivity contribution in [3.63, 3.8) is 0 Å². The van der Waals surface area contributed by atoms with Gasteiger partial charge in [0.2, 0.25) is 5.89 Å². The topological polar surface area (TPSA) is 77.2 Å². The Labute approximate surface area is 93.8 Å². The average Bonchev–Trinajstić information content (AvgIpc) is 2.65. The molecule has 1 aliphatic rings. The van der Waals surface area contributed by atoms with Gasteiger partial charge in [0, 0.05) is 6.92 Å². The van der Waals surface area contributed by atoms with Gasteiger partial charge in [0.1, 0.15) is 5.25 Å². The van der Waals surface area contributed by atoms with E-state index in [1.807, 2.05) is 0 Å². The lowest BCUT2D eigenvalue weighted by Crippen LogP contribution is -2.21. The Balaban J connectivity index is 2.32. The van der Waals surface area contributed by atoms with Gasteiger partial charge in [-0.1, -0.05) is 6.42 Å². The second-order valence-electron chi connectivity index (χ2n) is 3.97. The summed E-state index contributed by atoms with van der Waals surface area (Å²) < 4.78 is 28.7. The van der Waals surface area contributed by atoms with Gasteiger partial charge in [0.25, 0.3) is 0 Å². The maximum absolute atomic E-state index is 11.8. The monoisotopic (exact) mass is 243 g/mol. The molecule has 1 fully saturated rings. The summed E-state index contributed by atoms with van der Waals surface area (Å²) in [5.41, 5.74) is 0. The third-order valence-corrected chi connectivity index (χ3v) is 4.89. The summed E-state index contributed by atoms with van der Waals surface area (Å²) in [6, 6.07) is 0. The molecule has 1 aromatic heterocycles. The van der Waals surface area contributed by atoms with Crippen LogP contribution in [0.4, 0.5) is 0 Å². The molecule has 0 N–H and O–H groups in total. The highest BCUT2D eigenvalue weighted by Crippen LogP contribution is 2.32. The molecule has 0 aromatic carbocycles. The molecule has 1 saturated heterocycles. The first-order valence-corrected chi connectivity index (χ1v) is 6.90. The molecule has 1 unspecified atom stereocenters. The molecule has 0 aliphatic carbocycles. The first-order valence-electron chi connectivity index (χ1n) is 5.19. The van der Waals surface area contributed by atoms with Crippen LogP contribution in [-0.4, -0.2) is 24.9 Å². The van der Waals surface area contributed by atoms with Crippen molar-refractivity contribution < 1.29 is 17.6 Å². The number of rotatable bonds is 2. The zero-order valence-corrected chi connectivity index (χ0v) is 9.79. The minimum absolute atomic E-state index is 0.121. The van der Waals surface area contributed by atoms with Crippen molar-refractivity contribution in [3.8, 4) is 0 Å². The molecular formula is C10H13NO4S. The lowest BCUT2D eigenvalue weighted by Gasteiger charge is -2.18. The Kier molecular flexibility index (Phi) is 2.84. The van der Waals surface area contributed by atoms with Crippen molar-refractivity contribution in [2.75, 3.05) is 5.75 Å². The molecule has 0 saturated carbocycles. The van der Waals surface area contributed by atoms with Gasteiger partial charge in [-0.25, -0.2) is 13.4 Å². The molecule has 0 radical (unpaired) electrons. The summed E-state index contributed by atoms with van der Waals surface area (Å²) in [6.45, 7) is 1.36. The van der Waals surface area contributed by atoms with Crippen LogP contribution in [0.2, 0.25) is 0 Å². The van der Waals surface area contributed by atoms with Crippen molar-refractivity contribution in [1.29, 1.82) is 0 Å². The van der Waals surface area contributed by atoms with Crippen LogP contribution < -0.4 is 0 Å². The van der Waals surface area contributed by atoms with E-state index < -0.39 is 15.1 Å². The van der Waals surface area contributed by atoms with Crippen molar-refractivity contribution in [2.24, 2.45) is 0 Å². The molecule has 0 bridgehead atoms. The van der Waals surface area contributed by atoms with Crippen LogP contribution in [0, 0.1) is 0 Å². The molecule has 6 heteroatoms. The van der Waals surface area contributed by atoms with E-state index in [0.29, 0.717) is 12.8 Å². The molecule has 1 atom stereocenters. The van der Waals surface area contributed by atoms with E-state index in [0.717, 1.165) is 6.42 Å². The van der Waals surface area contributed by atoms with Gasteiger partial charge in [0.15, 0.2) is 21.4 Å². The number of sulfone groups is 1. The molecule has 0 spiro atoms. The van der Waals surface area contributed by atoms with E-state index in [9.17, 15) is 13.2 Å². The van der Waals surface area contributed by atoms with Crippen molar-refractivity contribution in [3.05, 3.63) is 17.8 Å². The van der Waals surface area contributed by atoms with E-state index in [1.54, 1.807) is 0 Å². The summed E-state index contributed by atoms with van der Waals surface area (Å²) in [6.07, 6.45) is 3.36. The van der Waals surface area contributed by atoms with Gasteiger partial charge in [-0.3, -0.25) is 4.79 Å². The number of ketones is 1. The zero-order valence-electron chi connectivity index (χ0n) is 8.97. The predicted octanol–water partition coefficient (Wildman–Crippen LogP) is 1.52. The maximum Gasteiger partial charge on any atom is 0.213 e. The second-order valence-corrected chi connectivity index (χ2v) is 6.27. The second kappa shape index (κ2) is 4.01. The number of nitrogens with zero attached hydrogens (tertiary/aromatic N) is 1. The number of oxazole rings is 1. The number of hydrogen-bond donors (Lipinski definition) is 0. The fraction of sp³-hybridized carbons (Fsp3) is 0.600. The normalized spacial score (nSPS) is 24.2. The average molecular weight is 243 g/mol. The van der Waals surface area contributed by atoms with Gasteiger partial charge in [0.05, 0.1) is 11.9 Å². The Morgan fingerprint density at radius 1 is 1.50 bits per heavy atom. The van der Waals surface area contributed by atoms with Gasteiger partial charge >= 0.3 is 0 Å². The molecule has 2 heterocycles. The largest absolute Gasteiger partial charge is 0.436 e. The highest BCUT2D eigenvalue weighted by molar-refractivity contribution is 7.91.